The number of carbonyl (C=O) groups is 1. The Hall–Kier alpha value is -2.04. The number of hydrogen-bond acceptors (Lipinski definition) is 8. The van der Waals surface area contributed by atoms with Crippen molar-refractivity contribution in [3.63, 3.8) is 0 Å². The Balaban J connectivity index is 1.52. The number of nitrogen functional groups attached to an aromatic ring is 1. The van der Waals surface area contributed by atoms with Crippen molar-refractivity contribution in [2.75, 3.05) is 25.6 Å². The number of anilines is 1. The summed E-state index contributed by atoms with van der Waals surface area (Å²) < 4.78 is 15.6. The number of tetrazole rings is 1. The summed E-state index contributed by atoms with van der Waals surface area (Å²) in [5, 5.41) is 23.6. The summed E-state index contributed by atoms with van der Waals surface area (Å²) in [4.78, 5) is 13.5. The van der Waals surface area contributed by atoms with E-state index in [9.17, 15) is 9.90 Å². The van der Waals surface area contributed by atoms with Crippen molar-refractivity contribution >= 4 is 11.9 Å². The van der Waals surface area contributed by atoms with E-state index in [1.165, 1.54) is 5.57 Å². The SMILES string of the molecule is CC(C)[C@@H](C)[C@@]1(C)CC[C@]2(C)[C@H]3CC[C@@H]4[C@@]5(C)COC[C@@]4(C3=CC[C@@]2(C)[C@@H]1C(=O)O)[C@@H](OC[C@](C)(N)C(C)C)[C@H](n1nnnc1N)C5. The van der Waals surface area contributed by atoms with Crippen LogP contribution in [0.2, 0.25) is 0 Å². The van der Waals surface area contributed by atoms with Gasteiger partial charge in [0.05, 0.1) is 37.9 Å². The summed E-state index contributed by atoms with van der Waals surface area (Å²) in [6.45, 7) is 24.1. The fourth-order valence-electron chi connectivity index (χ4n) is 12.0. The molecule has 1 aromatic rings. The minimum Gasteiger partial charge on any atom is -0.481 e. The van der Waals surface area contributed by atoms with Crippen LogP contribution in [-0.4, -0.2) is 62.7 Å². The number of carboxylic acid groups (broad SMARTS) is 1. The molecule has 12 atom stereocenters. The van der Waals surface area contributed by atoms with Crippen molar-refractivity contribution < 1.29 is 19.4 Å². The van der Waals surface area contributed by atoms with Crippen LogP contribution in [0.3, 0.4) is 0 Å². The van der Waals surface area contributed by atoms with Gasteiger partial charge in [-0.05, 0) is 107 Å². The number of ether oxygens (including phenoxy) is 2. The minimum atomic E-state index is -0.644. The van der Waals surface area contributed by atoms with Crippen LogP contribution in [0.4, 0.5) is 5.95 Å². The van der Waals surface area contributed by atoms with Crippen molar-refractivity contribution in [2.24, 2.45) is 68.3 Å². The van der Waals surface area contributed by atoms with Crippen molar-refractivity contribution in [1.29, 1.82) is 0 Å². The molecular weight excluding hydrogens is 592 g/mol. The van der Waals surface area contributed by atoms with Crippen molar-refractivity contribution in [1.82, 2.24) is 20.2 Å². The highest BCUT2D eigenvalue weighted by Gasteiger charge is 2.72. The lowest BCUT2D eigenvalue weighted by Gasteiger charge is -2.71. The highest BCUT2D eigenvalue weighted by Crippen LogP contribution is 2.75. The lowest BCUT2D eigenvalue weighted by atomic mass is 9.34. The summed E-state index contributed by atoms with van der Waals surface area (Å²) in [5.74, 6) is 0.682. The van der Waals surface area contributed by atoms with Crippen LogP contribution in [-0.2, 0) is 14.3 Å². The smallest absolute Gasteiger partial charge is 0.307 e. The summed E-state index contributed by atoms with van der Waals surface area (Å²) >= 11 is 0. The number of nitrogens with two attached hydrogens (primary N) is 2. The van der Waals surface area contributed by atoms with Gasteiger partial charge < -0.3 is 26.0 Å². The summed E-state index contributed by atoms with van der Waals surface area (Å²) in [6.07, 6.45) is 7.69. The van der Waals surface area contributed by atoms with E-state index in [4.69, 9.17) is 20.9 Å². The maximum atomic E-state index is 13.5. The molecule has 1 saturated heterocycles. The Kier molecular flexibility index (Phi) is 8.32. The Bertz CT molecular complexity index is 1410. The molecule has 4 aliphatic carbocycles. The minimum absolute atomic E-state index is 0.125. The van der Waals surface area contributed by atoms with Gasteiger partial charge in [-0.15, -0.1) is 0 Å². The predicted octanol–water partition coefficient (Wildman–Crippen LogP) is 6.14. The van der Waals surface area contributed by atoms with E-state index in [0.717, 1.165) is 38.5 Å². The zero-order valence-corrected chi connectivity index (χ0v) is 30.7. The van der Waals surface area contributed by atoms with Crippen LogP contribution >= 0.6 is 0 Å². The summed E-state index contributed by atoms with van der Waals surface area (Å²) in [6, 6.07) is -0.188. The van der Waals surface area contributed by atoms with Gasteiger partial charge in [0.25, 0.3) is 0 Å². The highest BCUT2D eigenvalue weighted by molar-refractivity contribution is 5.73. The van der Waals surface area contributed by atoms with E-state index in [-0.39, 0.29) is 40.2 Å². The molecule has 5 N–H and O–H groups in total. The van der Waals surface area contributed by atoms with Crippen LogP contribution in [0, 0.1) is 62.6 Å². The van der Waals surface area contributed by atoms with Crippen LogP contribution in [0.15, 0.2) is 11.6 Å². The normalized spacial score (nSPS) is 45.0. The molecule has 0 unspecified atom stereocenters. The molecule has 10 heteroatoms. The summed E-state index contributed by atoms with van der Waals surface area (Å²) in [5.41, 5.74) is 12.7. The van der Waals surface area contributed by atoms with Crippen LogP contribution in [0.5, 0.6) is 0 Å². The molecule has 6 rings (SSSR count). The number of aromatic nitrogens is 4. The average molecular weight is 655 g/mol. The largest absolute Gasteiger partial charge is 0.481 e. The lowest BCUT2D eigenvalue weighted by molar-refractivity contribution is -0.254. The van der Waals surface area contributed by atoms with Gasteiger partial charge in [-0.3, -0.25) is 4.79 Å². The van der Waals surface area contributed by atoms with E-state index in [1.807, 2.05) is 0 Å². The first-order valence-corrected chi connectivity index (χ1v) is 18.2. The van der Waals surface area contributed by atoms with E-state index in [0.29, 0.717) is 43.5 Å². The van der Waals surface area contributed by atoms with E-state index < -0.39 is 28.3 Å². The van der Waals surface area contributed by atoms with Crippen LogP contribution in [0.25, 0.3) is 0 Å². The zero-order chi connectivity index (χ0) is 34.5. The third-order valence-corrected chi connectivity index (χ3v) is 15.7. The first-order valence-electron chi connectivity index (χ1n) is 18.2. The lowest BCUT2D eigenvalue weighted by Crippen LogP contribution is -2.70. The molecule has 3 saturated carbocycles. The number of fused-ring (bicyclic) bond motifs is 3. The number of carboxylic acids is 1. The second-order valence-corrected chi connectivity index (χ2v) is 18.5. The molecule has 0 spiro atoms. The molecule has 2 bridgehead atoms. The average Bonchev–Trinajstić information content (AvgIpc) is 3.41. The van der Waals surface area contributed by atoms with Crippen LogP contribution in [0.1, 0.15) is 114 Å². The predicted molar refractivity (Wildman–Crippen MR) is 182 cm³/mol. The van der Waals surface area contributed by atoms with Gasteiger partial charge in [0.2, 0.25) is 5.95 Å². The van der Waals surface area contributed by atoms with Crippen molar-refractivity contribution in [3.8, 4) is 0 Å². The van der Waals surface area contributed by atoms with Gasteiger partial charge in [0, 0.05) is 11.0 Å². The maximum absolute atomic E-state index is 13.5. The Labute approximate surface area is 282 Å². The van der Waals surface area contributed by atoms with E-state index in [2.05, 4.69) is 90.8 Å². The van der Waals surface area contributed by atoms with E-state index >= 15 is 0 Å². The summed E-state index contributed by atoms with van der Waals surface area (Å²) in [7, 11) is 0. The number of allylic oxidation sites excluding steroid dienone is 1. The highest BCUT2D eigenvalue weighted by atomic mass is 16.5. The molecule has 0 aromatic carbocycles. The zero-order valence-electron chi connectivity index (χ0n) is 30.7. The van der Waals surface area contributed by atoms with Gasteiger partial charge >= 0.3 is 5.97 Å². The van der Waals surface area contributed by atoms with Gasteiger partial charge in [-0.1, -0.05) is 79.1 Å². The molecule has 47 heavy (non-hydrogen) atoms. The molecule has 264 valence electrons. The molecule has 0 amide bonds. The van der Waals surface area contributed by atoms with E-state index in [1.54, 1.807) is 4.68 Å². The molecule has 10 nitrogen and oxygen atoms in total. The molecule has 1 aliphatic heterocycles. The van der Waals surface area contributed by atoms with Gasteiger partial charge in [0.15, 0.2) is 0 Å². The topological polar surface area (TPSA) is 151 Å². The second kappa shape index (κ2) is 11.2. The number of aliphatic carboxylic acids is 1. The molecule has 2 heterocycles. The van der Waals surface area contributed by atoms with Crippen molar-refractivity contribution in [3.05, 3.63) is 11.6 Å². The monoisotopic (exact) mass is 654 g/mol. The van der Waals surface area contributed by atoms with Gasteiger partial charge in [0.1, 0.15) is 0 Å². The molecular formula is C37H62N6O4. The van der Waals surface area contributed by atoms with Gasteiger partial charge in [-0.25, -0.2) is 4.68 Å². The standard InChI is InChI=1S/C37H62N6O4/c1-21(2)23(5)33(7)15-16-34(8)24-11-12-27-32(6)17-26(43-31(38)40-41-42-43)29(47-19-36(10,39)22(3)4)37(27,20-46-18-32)25(24)13-14-35(34,9)28(33)30(44)45/h13,21-24,26-29H,11-12,14-20,39H2,1-10H3,(H,44,45)(H2,38,40,42)/t23-,24+,26-,27-,28-,29+,32-,33-,34-,35+,36+,37+/m1/s1. The number of rotatable bonds is 8. The third-order valence-electron chi connectivity index (χ3n) is 15.7. The first-order chi connectivity index (χ1) is 21.8. The Morgan fingerprint density at radius 2 is 1.83 bits per heavy atom. The van der Waals surface area contributed by atoms with Crippen LogP contribution < -0.4 is 11.5 Å². The first kappa shape index (κ1) is 34.8. The quantitative estimate of drug-likeness (QED) is 0.281. The number of hydrogen-bond donors (Lipinski definition) is 3. The number of nitrogens with zero attached hydrogens (tertiary/aromatic N) is 4. The molecule has 4 fully saturated rings. The fourth-order valence-corrected chi connectivity index (χ4v) is 12.0. The molecule has 5 aliphatic rings. The van der Waals surface area contributed by atoms with Crippen molar-refractivity contribution in [2.45, 2.75) is 125 Å². The van der Waals surface area contributed by atoms with Gasteiger partial charge in [-0.2, -0.15) is 0 Å². The Morgan fingerprint density at radius 3 is 2.43 bits per heavy atom. The maximum Gasteiger partial charge on any atom is 0.307 e. The fraction of sp³-hybridized carbons (Fsp3) is 0.892. The molecule has 0 radical (unpaired) electrons. The molecule has 1 aromatic heterocycles. The third kappa shape index (κ3) is 4.73. The Morgan fingerprint density at radius 1 is 1.13 bits per heavy atom. The second-order valence-electron chi connectivity index (χ2n) is 18.5.